The van der Waals surface area contributed by atoms with Gasteiger partial charge in [0.15, 0.2) is 23.1 Å². The van der Waals surface area contributed by atoms with Crippen LogP contribution in [0.3, 0.4) is 0 Å². The molecule has 1 aromatic heterocycles. The van der Waals surface area contributed by atoms with Gasteiger partial charge in [-0.25, -0.2) is 19.3 Å². The predicted molar refractivity (Wildman–Crippen MR) is 251 cm³/mol. The monoisotopic (exact) mass is 811 g/mol. The van der Waals surface area contributed by atoms with Gasteiger partial charge in [0.05, 0.1) is 0 Å². The maximum atomic E-state index is 14.0. The Morgan fingerprint density at radius 3 is 1.41 bits per heavy atom. The van der Waals surface area contributed by atoms with Crippen LogP contribution in [-0.2, 0) is 5.60 Å². The fourth-order valence-corrected chi connectivity index (χ4v) is 8.84. The van der Waals surface area contributed by atoms with E-state index in [0.717, 1.165) is 83.6 Å². The van der Waals surface area contributed by atoms with Crippen LogP contribution in [0.1, 0.15) is 16.7 Å². The molecule has 1 aliphatic heterocycles. The van der Waals surface area contributed by atoms with Crippen LogP contribution in [0.5, 0.6) is 5.75 Å². The van der Waals surface area contributed by atoms with Gasteiger partial charge in [0.2, 0.25) is 0 Å². The summed E-state index contributed by atoms with van der Waals surface area (Å²) < 4.78 is 21.4. The van der Waals surface area contributed by atoms with E-state index in [2.05, 4.69) is 152 Å². The van der Waals surface area contributed by atoms with E-state index in [4.69, 9.17) is 19.7 Å². The first-order chi connectivity index (χ1) is 31.1. The van der Waals surface area contributed by atoms with Crippen molar-refractivity contribution in [3.8, 4) is 84.4 Å². The highest BCUT2D eigenvalue weighted by Crippen LogP contribution is 2.54. The minimum absolute atomic E-state index is 0.282. The summed E-state index contributed by atoms with van der Waals surface area (Å²) in [5.41, 5.74) is 12.6. The summed E-state index contributed by atoms with van der Waals surface area (Å²) in [4.78, 5) is 15.9. The van der Waals surface area contributed by atoms with E-state index in [9.17, 15) is 4.39 Å². The first-order valence-electron chi connectivity index (χ1n) is 21.0. The van der Waals surface area contributed by atoms with Crippen LogP contribution in [0.25, 0.3) is 78.7 Å². The van der Waals surface area contributed by atoms with Crippen molar-refractivity contribution < 1.29 is 9.13 Å². The van der Waals surface area contributed by atoms with Gasteiger partial charge >= 0.3 is 0 Å². The summed E-state index contributed by atoms with van der Waals surface area (Å²) in [6.45, 7) is 0. The maximum Gasteiger partial charge on any atom is 0.185 e. The van der Waals surface area contributed by atoms with Crippen molar-refractivity contribution in [2.45, 2.75) is 5.60 Å². The molecule has 0 spiro atoms. The van der Waals surface area contributed by atoms with Crippen LogP contribution >= 0.6 is 0 Å². The van der Waals surface area contributed by atoms with Crippen LogP contribution < -0.4 is 4.74 Å². The van der Waals surface area contributed by atoms with E-state index in [1.807, 2.05) is 54.6 Å². The van der Waals surface area contributed by atoms with Crippen molar-refractivity contribution in [2.75, 3.05) is 0 Å². The molecule has 0 N–H and O–H groups in total. The third-order valence-corrected chi connectivity index (χ3v) is 11.8. The first kappa shape index (κ1) is 37.7. The quantitative estimate of drug-likeness (QED) is 0.153. The SMILES string of the molecule is Fc1ccc(-c2cccc(-c3nc(-c4cc(-c5ccccc5)cc(-c5ccccc5)c4)nc(-c4cccc5c4-c4ccccc4C(c4ccccc4)(c4ccccc4)O5)n3)c2)cc1. The van der Waals surface area contributed by atoms with E-state index >= 15 is 0 Å². The molecule has 0 amide bonds. The van der Waals surface area contributed by atoms with Gasteiger partial charge in [-0.2, -0.15) is 0 Å². The zero-order valence-corrected chi connectivity index (χ0v) is 34.1. The van der Waals surface area contributed by atoms with Crippen LogP contribution in [0.2, 0.25) is 0 Å². The molecule has 10 aromatic rings. The molecule has 0 bridgehead atoms. The van der Waals surface area contributed by atoms with E-state index in [1.54, 1.807) is 12.1 Å². The van der Waals surface area contributed by atoms with Gasteiger partial charge < -0.3 is 4.74 Å². The van der Waals surface area contributed by atoms with Crippen molar-refractivity contribution >= 4 is 0 Å². The van der Waals surface area contributed by atoms with Crippen molar-refractivity contribution in [2.24, 2.45) is 0 Å². The van der Waals surface area contributed by atoms with Crippen LogP contribution in [-0.4, -0.2) is 15.0 Å². The minimum atomic E-state index is -0.924. The number of aromatic nitrogens is 3. The minimum Gasteiger partial charge on any atom is -0.472 e. The maximum absolute atomic E-state index is 14.0. The van der Waals surface area contributed by atoms with E-state index in [0.29, 0.717) is 17.5 Å². The average molecular weight is 812 g/mol. The Balaban J connectivity index is 1.15. The van der Waals surface area contributed by atoms with Crippen molar-refractivity contribution in [3.63, 3.8) is 0 Å². The van der Waals surface area contributed by atoms with Gasteiger partial charge in [0.1, 0.15) is 11.6 Å². The summed E-state index contributed by atoms with van der Waals surface area (Å²) in [5, 5.41) is 0. The molecule has 2 heterocycles. The standard InChI is InChI=1S/C58H38FN3O/c59-49-33-31-41(32-34-49)42-21-15-22-43(35-42)55-60-56(46-37-44(39-17-5-1-6-18-39)36-45(38-46)40-19-7-2-8-20-40)62-57(61-55)51-28-16-30-53-54(51)50-27-13-14-29-52(50)58(63-53,47-23-9-3-10-24-47)48-25-11-4-12-26-48/h1-38H. The number of ether oxygens (including phenoxy) is 1. The van der Waals surface area contributed by atoms with E-state index < -0.39 is 5.60 Å². The lowest BCUT2D eigenvalue weighted by atomic mass is 9.74. The van der Waals surface area contributed by atoms with Gasteiger partial charge in [0, 0.05) is 38.9 Å². The van der Waals surface area contributed by atoms with Crippen molar-refractivity contribution in [1.82, 2.24) is 15.0 Å². The molecule has 298 valence electrons. The van der Waals surface area contributed by atoms with Gasteiger partial charge in [-0.15, -0.1) is 0 Å². The Bertz CT molecular complexity index is 3150. The Hall–Kier alpha value is -8.28. The molecule has 0 aliphatic carbocycles. The molecule has 0 unspecified atom stereocenters. The van der Waals surface area contributed by atoms with E-state index in [-0.39, 0.29) is 5.82 Å². The smallest absolute Gasteiger partial charge is 0.185 e. The molecule has 0 fully saturated rings. The fraction of sp³-hybridized carbons (Fsp3) is 0.0172. The lowest BCUT2D eigenvalue weighted by Crippen LogP contribution is -2.38. The predicted octanol–water partition coefficient (Wildman–Crippen LogP) is 14.4. The number of hydrogen-bond acceptors (Lipinski definition) is 4. The average Bonchev–Trinajstić information content (AvgIpc) is 3.37. The van der Waals surface area contributed by atoms with Crippen LogP contribution in [0.15, 0.2) is 231 Å². The summed E-state index contributed by atoms with van der Waals surface area (Å²) in [6, 6.07) is 77.4. The van der Waals surface area contributed by atoms with Gasteiger partial charge in [-0.3, -0.25) is 0 Å². The van der Waals surface area contributed by atoms with Gasteiger partial charge in [-0.1, -0.05) is 188 Å². The van der Waals surface area contributed by atoms with Crippen LogP contribution in [0, 0.1) is 5.82 Å². The summed E-state index contributed by atoms with van der Waals surface area (Å²) in [5.74, 6) is 1.99. The summed E-state index contributed by atoms with van der Waals surface area (Å²) >= 11 is 0. The molecule has 0 radical (unpaired) electrons. The molecular weight excluding hydrogens is 774 g/mol. The number of nitrogens with zero attached hydrogens (tertiary/aromatic N) is 3. The van der Waals surface area contributed by atoms with E-state index in [1.165, 1.54) is 12.1 Å². The Morgan fingerprint density at radius 1 is 0.333 bits per heavy atom. The number of fused-ring (bicyclic) bond motifs is 3. The molecule has 9 aromatic carbocycles. The molecule has 0 saturated heterocycles. The Labute approximate surface area is 365 Å². The molecule has 4 nitrogen and oxygen atoms in total. The second-order valence-electron chi connectivity index (χ2n) is 15.7. The molecule has 0 saturated carbocycles. The normalized spacial score (nSPS) is 12.5. The first-order valence-corrected chi connectivity index (χ1v) is 21.0. The Morgan fingerprint density at radius 2 is 0.778 bits per heavy atom. The highest BCUT2D eigenvalue weighted by molar-refractivity contribution is 5.91. The zero-order chi connectivity index (χ0) is 42.2. The molecule has 11 rings (SSSR count). The molecule has 63 heavy (non-hydrogen) atoms. The lowest BCUT2D eigenvalue weighted by molar-refractivity contribution is 0.152. The second-order valence-corrected chi connectivity index (χ2v) is 15.7. The van der Waals surface area contributed by atoms with Gasteiger partial charge in [0.25, 0.3) is 0 Å². The largest absolute Gasteiger partial charge is 0.472 e. The highest BCUT2D eigenvalue weighted by Gasteiger charge is 2.45. The molecule has 1 aliphatic rings. The highest BCUT2D eigenvalue weighted by atomic mass is 19.1. The lowest BCUT2D eigenvalue weighted by Gasteiger charge is -2.41. The Kier molecular flexibility index (Phi) is 9.55. The van der Waals surface area contributed by atoms with Gasteiger partial charge in [-0.05, 0) is 81.4 Å². The second kappa shape index (κ2) is 16.0. The van der Waals surface area contributed by atoms with Crippen molar-refractivity contribution in [1.29, 1.82) is 0 Å². The topological polar surface area (TPSA) is 47.9 Å². The number of rotatable bonds is 8. The number of hydrogen-bond donors (Lipinski definition) is 0. The third-order valence-electron chi connectivity index (χ3n) is 11.8. The molecule has 5 heteroatoms. The number of halogens is 1. The fourth-order valence-electron chi connectivity index (χ4n) is 8.84. The molecular formula is C58H38FN3O. The van der Waals surface area contributed by atoms with Crippen LogP contribution in [0.4, 0.5) is 4.39 Å². The zero-order valence-electron chi connectivity index (χ0n) is 34.1. The third kappa shape index (κ3) is 6.96. The number of benzene rings is 9. The van der Waals surface area contributed by atoms with Crippen molar-refractivity contribution in [3.05, 3.63) is 253 Å². The summed E-state index contributed by atoms with van der Waals surface area (Å²) in [6.07, 6.45) is 0. The molecule has 0 atom stereocenters. The summed E-state index contributed by atoms with van der Waals surface area (Å²) in [7, 11) is 0.